The van der Waals surface area contributed by atoms with E-state index in [2.05, 4.69) is 10.4 Å². The van der Waals surface area contributed by atoms with Gasteiger partial charge in [-0.25, -0.2) is 0 Å². The number of phenolic OH excluding ortho intramolecular Hbond substituents is 2. The van der Waals surface area contributed by atoms with E-state index in [-0.39, 0.29) is 23.4 Å². The van der Waals surface area contributed by atoms with Crippen LogP contribution in [-0.4, -0.2) is 31.9 Å². The molecule has 0 aliphatic rings. The lowest BCUT2D eigenvalue weighted by Gasteiger charge is -2.13. The summed E-state index contributed by atoms with van der Waals surface area (Å²) in [5.74, 6) is -0.503. The van der Waals surface area contributed by atoms with Crippen LogP contribution in [0.25, 0.3) is 6.08 Å². The molecule has 2 aromatic rings. The maximum absolute atomic E-state index is 11.9. The van der Waals surface area contributed by atoms with E-state index in [1.165, 1.54) is 18.2 Å². The monoisotopic (exact) mass is 315 g/mol. The minimum atomic E-state index is -0.191. The van der Waals surface area contributed by atoms with Crippen molar-refractivity contribution in [2.45, 2.75) is 26.3 Å². The molecule has 1 aromatic carbocycles. The Hall–Kier alpha value is -2.76. The number of aromatic hydroxyl groups is 2. The predicted octanol–water partition coefficient (Wildman–Crippen LogP) is 1.90. The molecule has 23 heavy (non-hydrogen) atoms. The minimum absolute atomic E-state index is 0.105. The van der Waals surface area contributed by atoms with E-state index in [4.69, 9.17) is 0 Å². The molecule has 0 saturated carbocycles. The number of carbonyl (C=O) groups is 1. The van der Waals surface area contributed by atoms with Crippen LogP contribution in [0.2, 0.25) is 0 Å². The number of nitrogens with zero attached hydrogens (tertiary/aromatic N) is 2. The fourth-order valence-electron chi connectivity index (χ4n) is 2.24. The van der Waals surface area contributed by atoms with Gasteiger partial charge in [-0.05, 0) is 44.0 Å². The normalized spacial score (nSPS) is 12.5. The third-order valence-corrected chi connectivity index (χ3v) is 3.66. The number of benzene rings is 1. The van der Waals surface area contributed by atoms with E-state index in [0.29, 0.717) is 6.42 Å². The number of phenols is 2. The molecule has 0 aliphatic heterocycles. The third kappa shape index (κ3) is 4.35. The third-order valence-electron chi connectivity index (χ3n) is 3.66. The van der Waals surface area contributed by atoms with Crippen molar-refractivity contribution in [3.63, 3.8) is 0 Å². The minimum Gasteiger partial charge on any atom is -0.504 e. The van der Waals surface area contributed by atoms with Gasteiger partial charge in [0.25, 0.3) is 0 Å². The van der Waals surface area contributed by atoms with Gasteiger partial charge in [0.15, 0.2) is 11.5 Å². The topological polar surface area (TPSA) is 87.4 Å². The molecule has 1 amide bonds. The van der Waals surface area contributed by atoms with Crippen LogP contribution in [-0.2, 0) is 18.3 Å². The second kappa shape index (κ2) is 7.00. The van der Waals surface area contributed by atoms with Gasteiger partial charge in [0.05, 0.1) is 6.20 Å². The molecule has 0 saturated heterocycles. The number of hydrogen-bond donors (Lipinski definition) is 3. The average Bonchev–Trinajstić information content (AvgIpc) is 2.80. The number of amides is 1. The zero-order valence-electron chi connectivity index (χ0n) is 13.4. The molecule has 6 nitrogen and oxygen atoms in total. The standard InChI is InChI=1S/C17H21N3O3/c1-11(8-13-4-6-15(21)16(22)9-13)19-17(23)7-5-14-10-18-20(3)12(14)2/h4-7,9-11,21-22H,8H2,1-3H3,(H,19,23)/b7-5+. The van der Waals surface area contributed by atoms with Crippen LogP contribution in [0.1, 0.15) is 23.7 Å². The zero-order valence-corrected chi connectivity index (χ0v) is 13.4. The fourth-order valence-corrected chi connectivity index (χ4v) is 2.24. The molecule has 3 N–H and O–H groups in total. The first-order valence-electron chi connectivity index (χ1n) is 7.35. The first kappa shape index (κ1) is 16.6. The van der Waals surface area contributed by atoms with Crippen molar-refractivity contribution >= 4 is 12.0 Å². The van der Waals surface area contributed by atoms with Crippen molar-refractivity contribution in [1.29, 1.82) is 0 Å². The number of carbonyl (C=O) groups excluding carboxylic acids is 1. The molecule has 0 radical (unpaired) electrons. The summed E-state index contributed by atoms with van der Waals surface area (Å²) in [5.41, 5.74) is 2.72. The highest BCUT2D eigenvalue weighted by Crippen LogP contribution is 2.25. The highest BCUT2D eigenvalue weighted by molar-refractivity contribution is 5.92. The first-order valence-corrected chi connectivity index (χ1v) is 7.35. The van der Waals surface area contributed by atoms with Gasteiger partial charge in [-0.2, -0.15) is 5.10 Å². The number of hydrogen-bond acceptors (Lipinski definition) is 4. The Labute approximate surface area is 135 Å². The highest BCUT2D eigenvalue weighted by Gasteiger charge is 2.08. The Balaban J connectivity index is 1.91. The summed E-state index contributed by atoms with van der Waals surface area (Å²) in [6.45, 7) is 3.81. The summed E-state index contributed by atoms with van der Waals surface area (Å²) in [6.07, 6.45) is 5.48. The van der Waals surface area contributed by atoms with Gasteiger partial charge in [0.2, 0.25) is 5.91 Å². The molecule has 6 heteroatoms. The second-order valence-corrected chi connectivity index (χ2v) is 5.58. The lowest BCUT2D eigenvalue weighted by molar-refractivity contribution is -0.117. The summed E-state index contributed by atoms with van der Waals surface area (Å²) in [6, 6.07) is 4.54. The summed E-state index contributed by atoms with van der Waals surface area (Å²) < 4.78 is 1.75. The van der Waals surface area contributed by atoms with Crippen LogP contribution in [0.5, 0.6) is 11.5 Å². The zero-order chi connectivity index (χ0) is 17.0. The van der Waals surface area contributed by atoms with Gasteiger partial charge in [-0.15, -0.1) is 0 Å². The van der Waals surface area contributed by atoms with Gasteiger partial charge in [0.1, 0.15) is 0 Å². The summed E-state index contributed by atoms with van der Waals surface area (Å²) in [7, 11) is 1.85. The fraction of sp³-hybridized carbons (Fsp3) is 0.294. The van der Waals surface area contributed by atoms with Crippen molar-refractivity contribution in [2.75, 3.05) is 0 Å². The Bertz CT molecular complexity index is 735. The summed E-state index contributed by atoms with van der Waals surface area (Å²) in [5, 5.41) is 25.7. The van der Waals surface area contributed by atoms with Crippen molar-refractivity contribution in [2.24, 2.45) is 7.05 Å². The van der Waals surface area contributed by atoms with Crippen molar-refractivity contribution in [3.8, 4) is 11.5 Å². The van der Waals surface area contributed by atoms with Crippen molar-refractivity contribution in [3.05, 3.63) is 47.3 Å². The maximum Gasteiger partial charge on any atom is 0.244 e. The van der Waals surface area contributed by atoms with E-state index >= 15 is 0 Å². The van der Waals surface area contributed by atoms with Crippen LogP contribution >= 0.6 is 0 Å². The molecule has 1 aromatic heterocycles. The largest absolute Gasteiger partial charge is 0.504 e. The van der Waals surface area contributed by atoms with Gasteiger partial charge in [-0.1, -0.05) is 6.07 Å². The van der Waals surface area contributed by atoms with E-state index < -0.39 is 0 Å². The van der Waals surface area contributed by atoms with E-state index in [9.17, 15) is 15.0 Å². The van der Waals surface area contributed by atoms with Gasteiger partial charge >= 0.3 is 0 Å². The highest BCUT2D eigenvalue weighted by atomic mass is 16.3. The molecule has 0 bridgehead atoms. The number of aryl methyl sites for hydroxylation is 1. The van der Waals surface area contributed by atoms with E-state index in [1.807, 2.05) is 20.9 Å². The van der Waals surface area contributed by atoms with Gasteiger partial charge in [0, 0.05) is 30.4 Å². The average molecular weight is 315 g/mol. The summed E-state index contributed by atoms with van der Waals surface area (Å²) >= 11 is 0. The van der Waals surface area contributed by atoms with Crippen molar-refractivity contribution < 1.29 is 15.0 Å². The Morgan fingerprint density at radius 2 is 2.13 bits per heavy atom. The molecular formula is C17H21N3O3. The van der Waals surface area contributed by atoms with Crippen LogP contribution in [0.15, 0.2) is 30.5 Å². The molecule has 2 rings (SSSR count). The summed E-state index contributed by atoms with van der Waals surface area (Å²) in [4.78, 5) is 11.9. The van der Waals surface area contributed by atoms with Gasteiger partial charge in [-0.3, -0.25) is 9.48 Å². The number of aromatic nitrogens is 2. The van der Waals surface area contributed by atoms with E-state index in [0.717, 1.165) is 16.8 Å². The van der Waals surface area contributed by atoms with Crippen LogP contribution in [0, 0.1) is 6.92 Å². The number of nitrogens with one attached hydrogen (secondary N) is 1. The maximum atomic E-state index is 11.9. The van der Waals surface area contributed by atoms with Crippen LogP contribution < -0.4 is 5.32 Å². The smallest absolute Gasteiger partial charge is 0.244 e. The SMILES string of the molecule is Cc1c(/C=C/C(=O)NC(C)Cc2ccc(O)c(O)c2)cnn1C. The Morgan fingerprint density at radius 3 is 2.74 bits per heavy atom. The van der Waals surface area contributed by atoms with Crippen LogP contribution in [0.3, 0.4) is 0 Å². The molecule has 0 fully saturated rings. The molecule has 122 valence electrons. The van der Waals surface area contributed by atoms with E-state index in [1.54, 1.807) is 23.0 Å². The molecule has 1 heterocycles. The molecule has 1 atom stereocenters. The molecule has 0 aliphatic carbocycles. The van der Waals surface area contributed by atoms with Crippen LogP contribution in [0.4, 0.5) is 0 Å². The number of rotatable bonds is 5. The van der Waals surface area contributed by atoms with Gasteiger partial charge < -0.3 is 15.5 Å². The molecule has 1 unspecified atom stereocenters. The Kier molecular flexibility index (Phi) is 5.05. The second-order valence-electron chi connectivity index (χ2n) is 5.58. The first-order chi connectivity index (χ1) is 10.9. The van der Waals surface area contributed by atoms with Crippen molar-refractivity contribution in [1.82, 2.24) is 15.1 Å². The Morgan fingerprint density at radius 1 is 1.39 bits per heavy atom. The predicted molar refractivity (Wildman–Crippen MR) is 88.1 cm³/mol. The lowest BCUT2D eigenvalue weighted by Crippen LogP contribution is -2.32. The quantitative estimate of drug-likeness (QED) is 0.581. The molecular weight excluding hydrogens is 294 g/mol. The lowest BCUT2D eigenvalue weighted by atomic mass is 10.1. The molecule has 0 spiro atoms.